The number of hydrogen-bond acceptors (Lipinski definition) is 3. The minimum Gasteiger partial charge on any atom is -0.507 e. The maximum absolute atomic E-state index is 10.6. The van der Waals surface area contributed by atoms with Gasteiger partial charge in [-0.1, -0.05) is 20.8 Å². The van der Waals surface area contributed by atoms with Gasteiger partial charge in [-0.3, -0.25) is 4.79 Å². The molecule has 0 aliphatic heterocycles. The van der Waals surface area contributed by atoms with Gasteiger partial charge in [0.05, 0.1) is 12.7 Å². The molecule has 0 aliphatic rings. The fraction of sp³-hybridized carbons (Fsp3) is 0.417. The number of ether oxygens (including phenoxy) is 1. The number of phenolic OH excluding ortho intramolecular Hbond substituents is 1. The Bertz CT molecular complexity index is 375. The second-order valence-corrected chi connectivity index (χ2v) is 4.48. The number of aldehydes is 1. The predicted octanol–water partition coefficient (Wildman–Crippen LogP) is 2.51. The standard InChI is InChI=1S/C12H16O3/c1-12(2,3)9-6-10(14)8(7-13)5-11(9)15-4/h5-7,14H,1-4H3. The van der Waals surface area contributed by atoms with Crippen molar-refractivity contribution < 1.29 is 14.6 Å². The summed E-state index contributed by atoms with van der Waals surface area (Å²) in [7, 11) is 1.55. The summed E-state index contributed by atoms with van der Waals surface area (Å²) in [5.74, 6) is 0.623. The maximum atomic E-state index is 10.6. The monoisotopic (exact) mass is 208 g/mol. The molecule has 0 spiro atoms. The van der Waals surface area contributed by atoms with Crippen molar-refractivity contribution in [3.05, 3.63) is 23.3 Å². The Kier molecular flexibility index (Phi) is 3.03. The van der Waals surface area contributed by atoms with Gasteiger partial charge in [0.15, 0.2) is 6.29 Å². The highest BCUT2D eigenvalue weighted by molar-refractivity contribution is 5.80. The molecular formula is C12H16O3. The molecule has 0 unspecified atom stereocenters. The molecule has 0 saturated carbocycles. The molecule has 0 saturated heterocycles. The van der Waals surface area contributed by atoms with Crippen LogP contribution in [0.1, 0.15) is 36.7 Å². The topological polar surface area (TPSA) is 46.5 Å². The zero-order valence-electron chi connectivity index (χ0n) is 9.50. The lowest BCUT2D eigenvalue weighted by atomic mass is 9.85. The third-order valence-electron chi connectivity index (χ3n) is 2.28. The van der Waals surface area contributed by atoms with Crippen LogP contribution in [-0.4, -0.2) is 18.5 Å². The van der Waals surface area contributed by atoms with Crippen molar-refractivity contribution in [2.24, 2.45) is 0 Å². The van der Waals surface area contributed by atoms with Gasteiger partial charge in [0, 0.05) is 5.56 Å². The maximum Gasteiger partial charge on any atom is 0.153 e. The molecule has 15 heavy (non-hydrogen) atoms. The molecule has 1 aromatic carbocycles. The van der Waals surface area contributed by atoms with Crippen LogP contribution in [0.25, 0.3) is 0 Å². The van der Waals surface area contributed by atoms with E-state index in [9.17, 15) is 9.90 Å². The molecule has 1 N–H and O–H groups in total. The van der Waals surface area contributed by atoms with Crippen molar-refractivity contribution in [3.8, 4) is 11.5 Å². The van der Waals surface area contributed by atoms with Crippen LogP contribution in [-0.2, 0) is 5.41 Å². The molecule has 0 heterocycles. The number of carbonyl (C=O) groups excluding carboxylic acids is 1. The van der Waals surface area contributed by atoms with E-state index in [-0.39, 0.29) is 16.7 Å². The Hall–Kier alpha value is -1.51. The van der Waals surface area contributed by atoms with E-state index in [0.717, 1.165) is 5.56 Å². The number of methoxy groups -OCH3 is 1. The van der Waals surface area contributed by atoms with Gasteiger partial charge in [0.2, 0.25) is 0 Å². The second kappa shape index (κ2) is 3.93. The Morgan fingerprint density at radius 2 is 1.93 bits per heavy atom. The zero-order valence-corrected chi connectivity index (χ0v) is 9.50. The summed E-state index contributed by atoms with van der Waals surface area (Å²) >= 11 is 0. The summed E-state index contributed by atoms with van der Waals surface area (Å²) in [6, 6.07) is 3.14. The number of aromatic hydroxyl groups is 1. The van der Waals surface area contributed by atoms with Crippen LogP contribution >= 0.6 is 0 Å². The minimum absolute atomic E-state index is 0.00396. The van der Waals surface area contributed by atoms with Crippen LogP contribution in [0, 0.1) is 0 Å². The summed E-state index contributed by atoms with van der Waals surface area (Å²) in [5, 5.41) is 9.59. The predicted molar refractivity (Wildman–Crippen MR) is 58.7 cm³/mol. The van der Waals surface area contributed by atoms with Crippen molar-refractivity contribution in [1.29, 1.82) is 0 Å². The fourth-order valence-corrected chi connectivity index (χ4v) is 1.43. The number of hydrogen-bond donors (Lipinski definition) is 1. The average molecular weight is 208 g/mol. The lowest BCUT2D eigenvalue weighted by molar-refractivity contribution is 0.112. The number of rotatable bonds is 2. The van der Waals surface area contributed by atoms with Crippen LogP contribution in [0.2, 0.25) is 0 Å². The van der Waals surface area contributed by atoms with E-state index in [1.807, 2.05) is 20.8 Å². The van der Waals surface area contributed by atoms with E-state index in [0.29, 0.717) is 12.0 Å². The van der Waals surface area contributed by atoms with Gasteiger partial charge in [0.1, 0.15) is 11.5 Å². The molecular weight excluding hydrogens is 192 g/mol. The molecule has 0 amide bonds. The van der Waals surface area contributed by atoms with Gasteiger partial charge in [-0.05, 0) is 17.5 Å². The Morgan fingerprint density at radius 3 is 2.33 bits per heavy atom. The lowest BCUT2D eigenvalue weighted by Crippen LogP contribution is -2.13. The first-order valence-corrected chi connectivity index (χ1v) is 4.77. The third-order valence-corrected chi connectivity index (χ3v) is 2.28. The molecule has 1 aromatic rings. The first-order valence-electron chi connectivity index (χ1n) is 4.77. The Morgan fingerprint density at radius 1 is 1.33 bits per heavy atom. The summed E-state index contributed by atoms with van der Waals surface area (Å²) in [5.41, 5.74) is 0.998. The molecule has 3 heteroatoms. The van der Waals surface area contributed by atoms with E-state index >= 15 is 0 Å². The molecule has 0 aliphatic carbocycles. The number of benzene rings is 1. The SMILES string of the molecule is COc1cc(C=O)c(O)cc1C(C)(C)C. The summed E-state index contributed by atoms with van der Waals surface area (Å²) in [6.07, 6.45) is 0.615. The molecule has 1 rings (SSSR count). The van der Waals surface area contributed by atoms with Gasteiger partial charge < -0.3 is 9.84 Å². The van der Waals surface area contributed by atoms with Gasteiger partial charge in [-0.25, -0.2) is 0 Å². The second-order valence-electron chi connectivity index (χ2n) is 4.48. The van der Waals surface area contributed by atoms with Gasteiger partial charge in [-0.2, -0.15) is 0 Å². The highest BCUT2D eigenvalue weighted by atomic mass is 16.5. The molecule has 0 atom stereocenters. The van der Waals surface area contributed by atoms with Crippen LogP contribution in [0.15, 0.2) is 12.1 Å². The lowest BCUT2D eigenvalue weighted by Gasteiger charge is -2.22. The van der Waals surface area contributed by atoms with Crippen molar-refractivity contribution in [3.63, 3.8) is 0 Å². The number of phenols is 1. The minimum atomic E-state index is -0.135. The average Bonchev–Trinajstić information content (AvgIpc) is 2.16. The molecule has 0 aromatic heterocycles. The normalized spacial score (nSPS) is 11.2. The zero-order chi connectivity index (χ0) is 11.6. The quantitative estimate of drug-likeness (QED) is 0.759. The number of carbonyl (C=O) groups is 1. The molecule has 0 bridgehead atoms. The highest BCUT2D eigenvalue weighted by Crippen LogP contribution is 2.35. The molecule has 0 radical (unpaired) electrons. The first kappa shape index (κ1) is 11.6. The van der Waals surface area contributed by atoms with Gasteiger partial charge in [-0.15, -0.1) is 0 Å². The van der Waals surface area contributed by atoms with Crippen molar-refractivity contribution in [1.82, 2.24) is 0 Å². The fourth-order valence-electron chi connectivity index (χ4n) is 1.43. The van der Waals surface area contributed by atoms with E-state index in [4.69, 9.17) is 4.74 Å². The van der Waals surface area contributed by atoms with E-state index < -0.39 is 0 Å². The smallest absolute Gasteiger partial charge is 0.153 e. The van der Waals surface area contributed by atoms with Gasteiger partial charge in [0.25, 0.3) is 0 Å². The van der Waals surface area contributed by atoms with Crippen molar-refractivity contribution >= 4 is 6.29 Å². The molecule has 0 fully saturated rings. The van der Waals surface area contributed by atoms with Crippen LogP contribution < -0.4 is 4.74 Å². The summed E-state index contributed by atoms with van der Waals surface area (Å²) in [6.45, 7) is 6.06. The van der Waals surface area contributed by atoms with Crippen LogP contribution in [0.5, 0.6) is 11.5 Å². The summed E-state index contributed by atoms with van der Waals surface area (Å²) < 4.78 is 5.20. The molecule has 3 nitrogen and oxygen atoms in total. The van der Waals surface area contributed by atoms with E-state index in [1.165, 1.54) is 0 Å². The molecule has 82 valence electrons. The largest absolute Gasteiger partial charge is 0.507 e. The highest BCUT2D eigenvalue weighted by Gasteiger charge is 2.20. The van der Waals surface area contributed by atoms with Crippen LogP contribution in [0.3, 0.4) is 0 Å². The van der Waals surface area contributed by atoms with Crippen molar-refractivity contribution in [2.45, 2.75) is 26.2 Å². The van der Waals surface area contributed by atoms with Gasteiger partial charge >= 0.3 is 0 Å². The van der Waals surface area contributed by atoms with Crippen molar-refractivity contribution in [2.75, 3.05) is 7.11 Å². The van der Waals surface area contributed by atoms with Crippen LogP contribution in [0.4, 0.5) is 0 Å². The third kappa shape index (κ3) is 2.29. The summed E-state index contributed by atoms with van der Waals surface area (Å²) in [4.78, 5) is 10.6. The Labute approximate surface area is 89.7 Å². The Balaban J connectivity index is 3.40. The first-order chi connectivity index (χ1) is 6.90. The van der Waals surface area contributed by atoms with E-state index in [2.05, 4.69) is 0 Å². The van der Waals surface area contributed by atoms with E-state index in [1.54, 1.807) is 19.2 Å².